The van der Waals surface area contributed by atoms with Gasteiger partial charge in [0.25, 0.3) is 0 Å². The number of carbonyl (C=O) groups is 2. The van der Waals surface area contributed by atoms with Crippen LogP contribution in [0.4, 0.5) is 0 Å². The van der Waals surface area contributed by atoms with Gasteiger partial charge in [-0.3, -0.25) is 9.59 Å². The summed E-state index contributed by atoms with van der Waals surface area (Å²) in [5, 5.41) is 39.9. The van der Waals surface area contributed by atoms with E-state index >= 15 is 0 Å². The summed E-state index contributed by atoms with van der Waals surface area (Å²) in [7, 11) is 0. The summed E-state index contributed by atoms with van der Waals surface area (Å²) in [6.45, 7) is 3.27. The first kappa shape index (κ1) is 46.9. The lowest BCUT2D eigenvalue weighted by Gasteiger charge is -2.39. The molecular weight excluding hydrogens is 652 g/mol. The number of esters is 2. The quantitative estimate of drug-likeness (QED) is 0.0311. The second kappa shape index (κ2) is 32.6. The maximum atomic E-state index is 12.7. The first-order chi connectivity index (χ1) is 24.8. The fourth-order valence-corrected chi connectivity index (χ4v) is 5.85. The molecule has 0 aromatic heterocycles. The Morgan fingerprint density at radius 1 is 0.627 bits per heavy atom. The van der Waals surface area contributed by atoms with Crippen molar-refractivity contribution in [1.82, 2.24) is 0 Å². The second-order valence-electron chi connectivity index (χ2n) is 13.7. The zero-order valence-corrected chi connectivity index (χ0v) is 31.8. The highest BCUT2D eigenvalue weighted by Gasteiger charge is 2.44. The van der Waals surface area contributed by atoms with E-state index in [2.05, 4.69) is 50.3 Å². The van der Waals surface area contributed by atoms with Crippen molar-refractivity contribution in [3.8, 4) is 0 Å². The van der Waals surface area contributed by atoms with Gasteiger partial charge in [0.1, 0.15) is 31.0 Å². The van der Waals surface area contributed by atoms with Gasteiger partial charge >= 0.3 is 11.9 Å². The van der Waals surface area contributed by atoms with Crippen molar-refractivity contribution in [3.05, 3.63) is 36.5 Å². The molecule has 1 heterocycles. The SMILES string of the molecule is CCC=CCC=CCC=CCCCCCCCC(=O)OCC(COC1OC(CO)C(O)C(O)C1O)OC(=O)CCCCCCCCCCCCC. The number of carbonyl (C=O) groups excluding carboxylic acids is 2. The average Bonchev–Trinajstić information content (AvgIpc) is 3.13. The van der Waals surface area contributed by atoms with E-state index in [1.807, 2.05) is 0 Å². The van der Waals surface area contributed by atoms with E-state index in [0.29, 0.717) is 12.8 Å². The summed E-state index contributed by atoms with van der Waals surface area (Å²) in [4.78, 5) is 25.2. The van der Waals surface area contributed by atoms with Gasteiger partial charge in [-0.1, -0.05) is 134 Å². The van der Waals surface area contributed by atoms with Crippen molar-refractivity contribution in [3.63, 3.8) is 0 Å². The number of hydrogen-bond donors (Lipinski definition) is 4. The first-order valence-corrected chi connectivity index (χ1v) is 20.1. The molecule has 0 spiro atoms. The first-order valence-electron chi connectivity index (χ1n) is 20.1. The molecule has 6 unspecified atom stereocenters. The van der Waals surface area contributed by atoms with Gasteiger partial charge in [0.05, 0.1) is 13.2 Å². The minimum absolute atomic E-state index is 0.225. The van der Waals surface area contributed by atoms with Gasteiger partial charge in [0, 0.05) is 12.8 Å². The van der Waals surface area contributed by atoms with Crippen LogP contribution in [0.15, 0.2) is 36.5 Å². The minimum Gasteiger partial charge on any atom is -0.462 e. The largest absolute Gasteiger partial charge is 0.462 e. The van der Waals surface area contributed by atoms with Crippen LogP contribution in [-0.2, 0) is 28.5 Å². The van der Waals surface area contributed by atoms with Crippen LogP contribution in [0.2, 0.25) is 0 Å². The van der Waals surface area contributed by atoms with E-state index in [1.54, 1.807) is 0 Å². The molecule has 0 radical (unpaired) electrons. The van der Waals surface area contributed by atoms with E-state index in [0.717, 1.165) is 70.6 Å². The second-order valence-corrected chi connectivity index (χ2v) is 13.7. The highest BCUT2D eigenvalue weighted by Crippen LogP contribution is 2.22. The molecule has 51 heavy (non-hydrogen) atoms. The average molecular weight is 725 g/mol. The van der Waals surface area contributed by atoms with Crippen LogP contribution in [0.5, 0.6) is 0 Å². The number of unbranched alkanes of at least 4 members (excludes halogenated alkanes) is 15. The van der Waals surface area contributed by atoms with Crippen LogP contribution in [-0.4, -0.2) is 89.0 Å². The summed E-state index contributed by atoms with van der Waals surface area (Å²) >= 11 is 0. The lowest BCUT2D eigenvalue weighted by molar-refractivity contribution is -0.305. The van der Waals surface area contributed by atoms with Gasteiger partial charge in [-0.25, -0.2) is 0 Å². The molecule has 296 valence electrons. The Hall–Kier alpha value is -2.08. The molecule has 1 aliphatic heterocycles. The lowest BCUT2D eigenvalue weighted by atomic mass is 9.99. The Kier molecular flexibility index (Phi) is 30.0. The van der Waals surface area contributed by atoms with Crippen molar-refractivity contribution in [1.29, 1.82) is 0 Å². The summed E-state index contributed by atoms with van der Waals surface area (Å²) in [5.74, 6) is -0.828. The molecule has 0 saturated carbocycles. The number of hydrogen-bond acceptors (Lipinski definition) is 10. The van der Waals surface area contributed by atoms with E-state index in [9.17, 15) is 30.0 Å². The van der Waals surface area contributed by atoms with Gasteiger partial charge in [-0.2, -0.15) is 0 Å². The fourth-order valence-electron chi connectivity index (χ4n) is 5.85. The summed E-state index contributed by atoms with van der Waals surface area (Å²) in [6.07, 6.45) is 27.3. The van der Waals surface area contributed by atoms with Crippen molar-refractivity contribution in [2.45, 2.75) is 192 Å². The molecule has 0 aromatic carbocycles. The summed E-state index contributed by atoms with van der Waals surface area (Å²) in [5.41, 5.74) is 0. The highest BCUT2D eigenvalue weighted by molar-refractivity contribution is 5.70. The van der Waals surface area contributed by atoms with Crippen LogP contribution < -0.4 is 0 Å². The number of aliphatic hydroxyl groups excluding tert-OH is 4. The predicted molar refractivity (Wildman–Crippen MR) is 201 cm³/mol. The van der Waals surface area contributed by atoms with E-state index in [-0.39, 0.29) is 26.1 Å². The third-order valence-corrected chi connectivity index (χ3v) is 9.04. The van der Waals surface area contributed by atoms with Gasteiger partial charge < -0.3 is 39.4 Å². The molecule has 0 bridgehead atoms. The smallest absolute Gasteiger partial charge is 0.306 e. The standard InChI is InChI=1S/C41H72O10/c1-3-5-7-9-11-13-15-16-17-18-20-21-23-25-27-29-36(43)48-32-34(33-49-41-40(47)39(46)38(45)35(31-42)51-41)50-37(44)30-28-26-24-22-19-14-12-10-8-6-4-2/h5,7,11,13,16-17,34-35,38-42,45-47H,3-4,6,8-10,12,14-15,18-33H2,1-2H3. The number of ether oxygens (including phenoxy) is 4. The Bertz CT molecular complexity index is 933. The van der Waals surface area contributed by atoms with Gasteiger partial charge in [0.2, 0.25) is 0 Å². The molecular formula is C41H72O10. The summed E-state index contributed by atoms with van der Waals surface area (Å²) in [6, 6.07) is 0. The fraction of sp³-hybridized carbons (Fsp3) is 0.805. The van der Waals surface area contributed by atoms with E-state index < -0.39 is 55.4 Å². The van der Waals surface area contributed by atoms with E-state index in [4.69, 9.17) is 18.9 Å². The molecule has 6 atom stereocenters. The molecule has 4 N–H and O–H groups in total. The van der Waals surface area contributed by atoms with Crippen LogP contribution >= 0.6 is 0 Å². The normalized spacial score (nSPS) is 21.6. The van der Waals surface area contributed by atoms with Gasteiger partial charge in [-0.05, 0) is 44.9 Å². The number of rotatable bonds is 32. The molecule has 0 amide bonds. The zero-order valence-electron chi connectivity index (χ0n) is 31.8. The van der Waals surface area contributed by atoms with E-state index in [1.165, 1.54) is 44.9 Å². The van der Waals surface area contributed by atoms with Gasteiger partial charge in [0.15, 0.2) is 12.4 Å². The van der Waals surface area contributed by atoms with Crippen LogP contribution in [0.3, 0.4) is 0 Å². The number of allylic oxidation sites excluding steroid dienone is 6. The molecule has 10 heteroatoms. The Morgan fingerprint density at radius 2 is 1.16 bits per heavy atom. The zero-order chi connectivity index (χ0) is 37.4. The Morgan fingerprint density at radius 3 is 1.75 bits per heavy atom. The maximum Gasteiger partial charge on any atom is 0.306 e. The minimum atomic E-state index is -1.59. The van der Waals surface area contributed by atoms with Crippen molar-refractivity contribution < 1.29 is 49.0 Å². The van der Waals surface area contributed by atoms with Gasteiger partial charge in [-0.15, -0.1) is 0 Å². The molecule has 1 saturated heterocycles. The van der Waals surface area contributed by atoms with Crippen molar-refractivity contribution >= 4 is 11.9 Å². The topological polar surface area (TPSA) is 152 Å². The Balaban J connectivity index is 2.39. The predicted octanol–water partition coefficient (Wildman–Crippen LogP) is 7.55. The Labute approximate surface area is 308 Å². The monoisotopic (exact) mass is 725 g/mol. The summed E-state index contributed by atoms with van der Waals surface area (Å²) < 4.78 is 22.0. The van der Waals surface area contributed by atoms with Crippen molar-refractivity contribution in [2.24, 2.45) is 0 Å². The van der Waals surface area contributed by atoms with Crippen LogP contribution in [0.1, 0.15) is 155 Å². The third kappa shape index (κ3) is 24.7. The molecule has 1 aliphatic rings. The molecule has 0 aromatic rings. The maximum absolute atomic E-state index is 12.7. The van der Waals surface area contributed by atoms with Crippen LogP contribution in [0, 0.1) is 0 Å². The molecule has 1 rings (SSSR count). The molecule has 10 nitrogen and oxygen atoms in total. The number of aliphatic hydroxyl groups is 4. The lowest BCUT2D eigenvalue weighted by Crippen LogP contribution is -2.59. The van der Waals surface area contributed by atoms with Crippen molar-refractivity contribution in [2.75, 3.05) is 19.8 Å². The molecule has 0 aliphatic carbocycles. The third-order valence-electron chi connectivity index (χ3n) is 9.04. The highest BCUT2D eigenvalue weighted by atomic mass is 16.7. The molecule has 1 fully saturated rings. The van der Waals surface area contributed by atoms with Crippen LogP contribution in [0.25, 0.3) is 0 Å².